The standard InChI is InChI=1S/C13H19NO5/c1-17-5-6-19-11-4-3-9(8-12(11)18-2)7-10(14)13(15)16/h3-4,8,10H,5-7,14H2,1-2H3,(H,15,16). The Morgan fingerprint density at radius 1 is 1.32 bits per heavy atom. The van der Waals surface area contributed by atoms with Crippen LogP contribution < -0.4 is 15.2 Å². The molecule has 0 radical (unpaired) electrons. The minimum absolute atomic E-state index is 0.240. The molecule has 6 heteroatoms. The summed E-state index contributed by atoms with van der Waals surface area (Å²) in [5.41, 5.74) is 6.27. The normalized spacial score (nSPS) is 11.9. The van der Waals surface area contributed by atoms with Crippen LogP contribution >= 0.6 is 0 Å². The van der Waals surface area contributed by atoms with Crippen LogP contribution in [0.2, 0.25) is 0 Å². The predicted octanol–water partition coefficient (Wildman–Crippen LogP) is 0.675. The number of carboxylic acid groups (broad SMARTS) is 1. The van der Waals surface area contributed by atoms with Crippen molar-refractivity contribution in [2.75, 3.05) is 27.4 Å². The maximum Gasteiger partial charge on any atom is 0.320 e. The van der Waals surface area contributed by atoms with Crippen LogP contribution in [-0.4, -0.2) is 44.6 Å². The van der Waals surface area contributed by atoms with E-state index in [9.17, 15) is 4.79 Å². The molecule has 6 nitrogen and oxygen atoms in total. The molecular weight excluding hydrogens is 250 g/mol. The third kappa shape index (κ3) is 4.76. The zero-order valence-electron chi connectivity index (χ0n) is 11.1. The first-order chi connectivity index (χ1) is 9.08. The average molecular weight is 269 g/mol. The number of benzene rings is 1. The van der Waals surface area contributed by atoms with E-state index in [2.05, 4.69) is 0 Å². The van der Waals surface area contributed by atoms with E-state index in [-0.39, 0.29) is 6.42 Å². The van der Waals surface area contributed by atoms with E-state index in [0.29, 0.717) is 24.7 Å². The van der Waals surface area contributed by atoms with Crippen molar-refractivity contribution in [2.24, 2.45) is 5.73 Å². The summed E-state index contributed by atoms with van der Waals surface area (Å²) >= 11 is 0. The highest BCUT2D eigenvalue weighted by Gasteiger charge is 2.14. The first-order valence-corrected chi connectivity index (χ1v) is 5.85. The van der Waals surface area contributed by atoms with Crippen LogP contribution in [0.25, 0.3) is 0 Å². The third-order valence-corrected chi connectivity index (χ3v) is 2.55. The number of hydrogen-bond donors (Lipinski definition) is 2. The van der Waals surface area contributed by atoms with Gasteiger partial charge in [-0.15, -0.1) is 0 Å². The van der Waals surface area contributed by atoms with E-state index >= 15 is 0 Å². The fourth-order valence-electron chi connectivity index (χ4n) is 1.53. The van der Waals surface area contributed by atoms with Gasteiger partial charge in [-0.3, -0.25) is 4.79 Å². The summed E-state index contributed by atoms with van der Waals surface area (Å²) < 4.78 is 15.6. The Morgan fingerprint density at radius 2 is 2.05 bits per heavy atom. The lowest BCUT2D eigenvalue weighted by Crippen LogP contribution is -2.32. The van der Waals surface area contributed by atoms with Gasteiger partial charge in [-0.05, 0) is 24.1 Å². The quantitative estimate of drug-likeness (QED) is 0.674. The molecule has 1 unspecified atom stereocenters. The minimum Gasteiger partial charge on any atom is -0.493 e. The Bertz CT molecular complexity index is 421. The van der Waals surface area contributed by atoms with Crippen molar-refractivity contribution < 1.29 is 24.1 Å². The molecule has 0 aromatic heterocycles. The van der Waals surface area contributed by atoms with Crippen molar-refractivity contribution in [1.29, 1.82) is 0 Å². The van der Waals surface area contributed by atoms with Gasteiger partial charge in [0, 0.05) is 7.11 Å². The summed E-state index contributed by atoms with van der Waals surface area (Å²) in [7, 11) is 3.12. The molecule has 106 valence electrons. The highest BCUT2D eigenvalue weighted by Crippen LogP contribution is 2.28. The second kappa shape index (κ2) is 7.60. The van der Waals surface area contributed by atoms with Crippen molar-refractivity contribution >= 4 is 5.97 Å². The van der Waals surface area contributed by atoms with Gasteiger partial charge < -0.3 is 25.1 Å². The molecule has 1 atom stereocenters. The van der Waals surface area contributed by atoms with Crippen LogP contribution in [0, 0.1) is 0 Å². The van der Waals surface area contributed by atoms with Gasteiger partial charge in [-0.2, -0.15) is 0 Å². The van der Waals surface area contributed by atoms with Crippen molar-refractivity contribution in [3.8, 4) is 11.5 Å². The van der Waals surface area contributed by atoms with Gasteiger partial charge in [0.15, 0.2) is 11.5 Å². The molecule has 0 bridgehead atoms. The van der Waals surface area contributed by atoms with Gasteiger partial charge in [-0.1, -0.05) is 6.07 Å². The first-order valence-electron chi connectivity index (χ1n) is 5.85. The molecule has 0 aliphatic rings. The van der Waals surface area contributed by atoms with Crippen molar-refractivity contribution in [2.45, 2.75) is 12.5 Å². The molecule has 0 fully saturated rings. The van der Waals surface area contributed by atoms with Gasteiger partial charge in [0.1, 0.15) is 12.6 Å². The van der Waals surface area contributed by atoms with Gasteiger partial charge in [-0.25, -0.2) is 0 Å². The Balaban J connectivity index is 2.74. The highest BCUT2D eigenvalue weighted by atomic mass is 16.5. The molecule has 0 saturated heterocycles. The zero-order valence-corrected chi connectivity index (χ0v) is 11.1. The number of methoxy groups -OCH3 is 2. The van der Waals surface area contributed by atoms with Gasteiger partial charge >= 0.3 is 5.97 Å². The van der Waals surface area contributed by atoms with Crippen LogP contribution in [0.4, 0.5) is 0 Å². The molecule has 1 rings (SSSR count). The van der Waals surface area contributed by atoms with Crippen molar-refractivity contribution in [3.05, 3.63) is 23.8 Å². The van der Waals surface area contributed by atoms with Crippen LogP contribution in [0.3, 0.4) is 0 Å². The molecule has 0 amide bonds. The van der Waals surface area contributed by atoms with E-state index in [4.69, 9.17) is 25.1 Å². The average Bonchev–Trinajstić information content (AvgIpc) is 2.40. The number of carbonyl (C=O) groups is 1. The number of ether oxygens (including phenoxy) is 3. The molecule has 0 heterocycles. The Kier molecular flexibility index (Phi) is 6.11. The summed E-state index contributed by atoms with van der Waals surface area (Å²) in [6.07, 6.45) is 0.240. The number of nitrogens with two attached hydrogens (primary N) is 1. The molecule has 0 spiro atoms. The van der Waals surface area contributed by atoms with Gasteiger partial charge in [0.2, 0.25) is 0 Å². The Labute approximate surface area is 112 Å². The lowest BCUT2D eigenvalue weighted by Gasteiger charge is -2.13. The van der Waals surface area contributed by atoms with Crippen molar-refractivity contribution in [3.63, 3.8) is 0 Å². The van der Waals surface area contributed by atoms with Crippen LogP contribution in [0.5, 0.6) is 11.5 Å². The maximum atomic E-state index is 10.7. The van der Waals surface area contributed by atoms with E-state index in [1.807, 2.05) is 0 Å². The Hall–Kier alpha value is -1.79. The zero-order chi connectivity index (χ0) is 14.3. The second-order valence-electron chi connectivity index (χ2n) is 3.98. The van der Waals surface area contributed by atoms with Crippen LogP contribution in [0.1, 0.15) is 5.56 Å². The summed E-state index contributed by atoms with van der Waals surface area (Å²) in [5, 5.41) is 8.77. The predicted molar refractivity (Wildman–Crippen MR) is 69.7 cm³/mol. The number of aliphatic carboxylic acids is 1. The SMILES string of the molecule is COCCOc1ccc(CC(N)C(=O)O)cc1OC. The highest BCUT2D eigenvalue weighted by molar-refractivity contribution is 5.73. The molecule has 0 aliphatic heterocycles. The van der Waals surface area contributed by atoms with Crippen molar-refractivity contribution in [1.82, 2.24) is 0 Å². The smallest absolute Gasteiger partial charge is 0.320 e. The van der Waals surface area contributed by atoms with E-state index in [1.165, 1.54) is 7.11 Å². The number of carboxylic acids is 1. The topological polar surface area (TPSA) is 91.0 Å². The fourth-order valence-corrected chi connectivity index (χ4v) is 1.53. The Morgan fingerprint density at radius 3 is 2.63 bits per heavy atom. The molecule has 1 aromatic rings. The monoisotopic (exact) mass is 269 g/mol. The molecule has 19 heavy (non-hydrogen) atoms. The van der Waals surface area contributed by atoms with Crippen LogP contribution in [0.15, 0.2) is 18.2 Å². The maximum absolute atomic E-state index is 10.7. The summed E-state index contributed by atoms with van der Waals surface area (Å²) in [6.45, 7) is 0.898. The lowest BCUT2D eigenvalue weighted by atomic mass is 10.1. The molecule has 0 saturated carbocycles. The van der Waals surface area contributed by atoms with E-state index in [1.54, 1.807) is 25.3 Å². The molecule has 0 aliphatic carbocycles. The summed E-state index contributed by atoms with van der Waals surface area (Å²) in [4.78, 5) is 10.7. The first kappa shape index (κ1) is 15.3. The second-order valence-corrected chi connectivity index (χ2v) is 3.98. The van der Waals surface area contributed by atoms with Gasteiger partial charge in [0.05, 0.1) is 13.7 Å². The van der Waals surface area contributed by atoms with E-state index < -0.39 is 12.0 Å². The third-order valence-electron chi connectivity index (χ3n) is 2.55. The fraction of sp³-hybridized carbons (Fsp3) is 0.462. The van der Waals surface area contributed by atoms with Crippen LogP contribution in [-0.2, 0) is 16.0 Å². The molecular formula is C13H19NO5. The number of hydrogen-bond acceptors (Lipinski definition) is 5. The number of rotatable bonds is 8. The summed E-state index contributed by atoms with van der Waals surface area (Å²) in [6, 6.07) is 4.31. The lowest BCUT2D eigenvalue weighted by molar-refractivity contribution is -0.138. The van der Waals surface area contributed by atoms with E-state index in [0.717, 1.165) is 5.56 Å². The molecule has 3 N–H and O–H groups in total. The summed E-state index contributed by atoms with van der Waals surface area (Å²) in [5.74, 6) is 0.109. The largest absolute Gasteiger partial charge is 0.493 e. The van der Waals surface area contributed by atoms with Gasteiger partial charge in [0.25, 0.3) is 0 Å². The minimum atomic E-state index is -1.03. The molecule has 1 aromatic carbocycles.